The number of aliphatic imine (C=N–C) groups is 1. The molecule has 0 N–H and O–H groups in total. The number of hydrogen-bond donors (Lipinski definition) is 0. The second-order valence-electron chi connectivity index (χ2n) is 1.39. The van der Waals surface area contributed by atoms with Gasteiger partial charge in [0.2, 0.25) is 0 Å². The van der Waals surface area contributed by atoms with Crippen LogP contribution >= 0.6 is 0 Å². The van der Waals surface area contributed by atoms with Crippen LogP contribution in [-0.4, -0.2) is 12.3 Å². The zero-order valence-electron chi connectivity index (χ0n) is 5.07. The molecule has 0 saturated heterocycles. The normalized spacial score (nSPS) is 12.1. The van der Waals surface area contributed by atoms with E-state index in [-0.39, 0.29) is 0 Å². The largest absolute Gasteiger partial charge is 0.294 e. The van der Waals surface area contributed by atoms with Gasteiger partial charge in [0.05, 0.1) is 0 Å². The zero-order chi connectivity index (χ0) is 5.70. The molecule has 0 rings (SSSR count). The van der Waals surface area contributed by atoms with Crippen LogP contribution in [0.1, 0.15) is 20.3 Å². The standard InChI is InChI=1S/C6H12N/c1-4-6(3)7-5-2/h3-5H2,1-2H3/b7-6-. The van der Waals surface area contributed by atoms with E-state index in [2.05, 4.69) is 18.8 Å². The number of nitrogens with zero attached hydrogens (tertiary/aromatic N) is 1. The van der Waals surface area contributed by atoms with E-state index in [0.717, 1.165) is 18.7 Å². The fraction of sp³-hybridized carbons (Fsp3) is 0.667. The van der Waals surface area contributed by atoms with Gasteiger partial charge in [0, 0.05) is 12.3 Å². The summed E-state index contributed by atoms with van der Waals surface area (Å²) >= 11 is 0. The van der Waals surface area contributed by atoms with Gasteiger partial charge in [0.15, 0.2) is 0 Å². The third-order valence-corrected chi connectivity index (χ3v) is 0.790. The monoisotopic (exact) mass is 98.1 g/mol. The summed E-state index contributed by atoms with van der Waals surface area (Å²) in [6, 6.07) is 0. The maximum absolute atomic E-state index is 4.05. The van der Waals surface area contributed by atoms with E-state index in [1.807, 2.05) is 6.92 Å². The van der Waals surface area contributed by atoms with Crippen LogP contribution in [0.4, 0.5) is 0 Å². The van der Waals surface area contributed by atoms with Crippen molar-refractivity contribution in [2.45, 2.75) is 20.3 Å². The lowest BCUT2D eigenvalue weighted by Gasteiger charge is -1.88. The Bertz CT molecular complexity index is 64.6. The van der Waals surface area contributed by atoms with E-state index in [0.29, 0.717) is 0 Å². The van der Waals surface area contributed by atoms with Crippen molar-refractivity contribution < 1.29 is 0 Å². The van der Waals surface area contributed by atoms with Crippen LogP contribution in [0.25, 0.3) is 0 Å². The summed E-state index contributed by atoms with van der Waals surface area (Å²) in [4.78, 5) is 4.05. The molecule has 0 atom stereocenters. The molecule has 0 spiro atoms. The lowest BCUT2D eigenvalue weighted by molar-refractivity contribution is 1.10. The second kappa shape index (κ2) is 3.85. The summed E-state index contributed by atoms with van der Waals surface area (Å²) in [5.74, 6) is 0. The number of hydrogen-bond acceptors (Lipinski definition) is 1. The van der Waals surface area contributed by atoms with Crippen LogP contribution in [0.5, 0.6) is 0 Å². The van der Waals surface area contributed by atoms with Gasteiger partial charge >= 0.3 is 0 Å². The van der Waals surface area contributed by atoms with Crippen molar-refractivity contribution in [3.05, 3.63) is 6.92 Å². The lowest BCUT2D eigenvalue weighted by atomic mass is 10.3. The van der Waals surface area contributed by atoms with Gasteiger partial charge < -0.3 is 0 Å². The minimum absolute atomic E-state index is 0.868. The third kappa shape index (κ3) is 3.50. The van der Waals surface area contributed by atoms with Gasteiger partial charge in [-0.3, -0.25) is 4.99 Å². The van der Waals surface area contributed by atoms with Crippen molar-refractivity contribution in [3.63, 3.8) is 0 Å². The SMILES string of the molecule is [CH2]/C(CC)=N/CC. The molecule has 0 aliphatic heterocycles. The molecule has 41 valence electrons. The van der Waals surface area contributed by atoms with Crippen molar-refractivity contribution in [1.82, 2.24) is 0 Å². The van der Waals surface area contributed by atoms with Crippen LogP contribution in [0, 0.1) is 6.92 Å². The molecule has 1 nitrogen and oxygen atoms in total. The van der Waals surface area contributed by atoms with Gasteiger partial charge in [0.25, 0.3) is 0 Å². The summed E-state index contributed by atoms with van der Waals surface area (Å²) in [6.45, 7) is 8.64. The quantitative estimate of drug-likeness (QED) is 0.466. The van der Waals surface area contributed by atoms with E-state index in [1.165, 1.54) is 0 Å². The summed E-state index contributed by atoms with van der Waals surface area (Å²) in [5, 5.41) is 0. The van der Waals surface area contributed by atoms with Crippen molar-refractivity contribution in [3.8, 4) is 0 Å². The smallest absolute Gasteiger partial charge is 0.0360 e. The van der Waals surface area contributed by atoms with Crippen molar-refractivity contribution >= 4 is 5.71 Å². The molecule has 0 amide bonds. The predicted molar refractivity (Wildman–Crippen MR) is 33.6 cm³/mol. The summed E-state index contributed by atoms with van der Waals surface area (Å²) in [6.07, 6.45) is 0.980. The second-order valence-corrected chi connectivity index (χ2v) is 1.39. The first-order valence-electron chi connectivity index (χ1n) is 2.66. The molecule has 0 heterocycles. The minimum atomic E-state index is 0.868. The molecule has 0 aromatic carbocycles. The van der Waals surface area contributed by atoms with E-state index in [1.54, 1.807) is 0 Å². The van der Waals surface area contributed by atoms with Crippen LogP contribution in [0.2, 0.25) is 0 Å². The van der Waals surface area contributed by atoms with E-state index in [4.69, 9.17) is 0 Å². The lowest BCUT2D eigenvalue weighted by Crippen LogP contribution is -1.87. The predicted octanol–water partition coefficient (Wildman–Crippen LogP) is 1.69. The molecule has 0 aliphatic carbocycles. The Morgan fingerprint density at radius 1 is 1.57 bits per heavy atom. The van der Waals surface area contributed by atoms with Gasteiger partial charge in [0.1, 0.15) is 0 Å². The average molecular weight is 98.2 g/mol. The molecule has 0 fully saturated rings. The molecule has 1 heteroatoms. The van der Waals surface area contributed by atoms with Crippen LogP contribution < -0.4 is 0 Å². The number of rotatable bonds is 2. The molecular formula is C6H12N. The van der Waals surface area contributed by atoms with Gasteiger partial charge in [-0.25, -0.2) is 0 Å². The Labute approximate surface area is 45.5 Å². The first kappa shape index (κ1) is 6.67. The topological polar surface area (TPSA) is 12.4 Å². The fourth-order valence-corrected chi connectivity index (χ4v) is 0.335. The molecule has 0 aromatic heterocycles. The molecule has 7 heavy (non-hydrogen) atoms. The highest BCUT2D eigenvalue weighted by molar-refractivity contribution is 5.88. The van der Waals surface area contributed by atoms with Crippen molar-refractivity contribution in [2.24, 2.45) is 4.99 Å². The highest BCUT2D eigenvalue weighted by Gasteiger charge is 1.78. The molecule has 0 aromatic rings. The third-order valence-electron chi connectivity index (χ3n) is 0.790. The zero-order valence-corrected chi connectivity index (χ0v) is 5.07. The Hall–Kier alpha value is -0.330. The molecule has 0 unspecified atom stereocenters. The summed E-state index contributed by atoms with van der Waals surface area (Å²) < 4.78 is 0. The molecule has 0 saturated carbocycles. The highest BCUT2D eigenvalue weighted by Crippen LogP contribution is 1.81. The molecule has 0 aliphatic rings. The maximum atomic E-state index is 4.05. The molecule has 1 radical (unpaired) electrons. The maximum Gasteiger partial charge on any atom is 0.0360 e. The van der Waals surface area contributed by atoms with Gasteiger partial charge in [-0.1, -0.05) is 6.92 Å². The van der Waals surface area contributed by atoms with Gasteiger partial charge in [-0.2, -0.15) is 0 Å². The Morgan fingerprint density at radius 2 is 2.14 bits per heavy atom. The Balaban J connectivity index is 3.29. The van der Waals surface area contributed by atoms with Gasteiger partial charge in [-0.15, -0.1) is 0 Å². The molecular weight excluding hydrogens is 86.1 g/mol. The van der Waals surface area contributed by atoms with Gasteiger partial charge in [-0.05, 0) is 20.3 Å². The van der Waals surface area contributed by atoms with E-state index in [9.17, 15) is 0 Å². The highest BCUT2D eigenvalue weighted by atomic mass is 14.7. The van der Waals surface area contributed by atoms with Crippen LogP contribution in [-0.2, 0) is 0 Å². The first-order valence-corrected chi connectivity index (χ1v) is 2.66. The summed E-state index contributed by atoms with van der Waals surface area (Å²) in [7, 11) is 0. The first-order chi connectivity index (χ1) is 3.31. The van der Waals surface area contributed by atoms with Crippen molar-refractivity contribution in [1.29, 1.82) is 0 Å². The Morgan fingerprint density at radius 3 is 2.29 bits per heavy atom. The minimum Gasteiger partial charge on any atom is -0.294 e. The average Bonchev–Trinajstić information content (AvgIpc) is 1.68. The van der Waals surface area contributed by atoms with Crippen molar-refractivity contribution in [2.75, 3.05) is 6.54 Å². The Kier molecular flexibility index (Phi) is 3.67. The van der Waals surface area contributed by atoms with Crippen LogP contribution in [0.15, 0.2) is 4.99 Å². The summed E-state index contributed by atoms with van der Waals surface area (Å²) in [5.41, 5.74) is 1.00. The molecule has 0 bridgehead atoms. The fourth-order valence-electron chi connectivity index (χ4n) is 0.335. The van der Waals surface area contributed by atoms with E-state index >= 15 is 0 Å². The van der Waals surface area contributed by atoms with E-state index < -0.39 is 0 Å². The van der Waals surface area contributed by atoms with Crippen LogP contribution in [0.3, 0.4) is 0 Å².